The molecule has 0 aliphatic carbocycles. The maximum absolute atomic E-state index is 9.77. The second kappa shape index (κ2) is 9.54. The number of anilines is 1. The molecule has 0 unspecified atom stereocenters. The highest BCUT2D eigenvalue weighted by Gasteiger charge is 2.25. The van der Waals surface area contributed by atoms with Gasteiger partial charge in [-0.15, -0.1) is 0 Å². The van der Waals surface area contributed by atoms with E-state index in [-0.39, 0.29) is 13.2 Å². The fourth-order valence-electron chi connectivity index (χ4n) is 3.42. The number of hydrogen-bond acceptors (Lipinski definition) is 3. The molecule has 0 fully saturated rings. The van der Waals surface area contributed by atoms with E-state index in [0.29, 0.717) is 6.42 Å². The Morgan fingerprint density at radius 1 is 0.679 bits per heavy atom. The van der Waals surface area contributed by atoms with E-state index >= 15 is 0 Å². The van der Waals surface area contributed by atoms with Crippen molar-refractivity contribution in [2.75, 3.05) is 18.1 Å². The standard InChI is InChI=1S/C25H29NO2/c1-25(19-27,20-28)16-23-14-8-9-15-24(23)26(17-21-10-4-2-5-11-21)18-22-12-6-3-7-13-22/h2-15,27-28H,16-20H2,1H3. The van der Waals surface area contributed by atoms with Crippen LogP contribution in [-0.2, 0) is 19.5 Å². The van der Waals surface area contributed by atoms with Crippen molar-refractivity contribution in [1.82, 2.24) is 0 Å². The molecule has 0 saturated heterocycles. The molecule has 0 heterocycles. The lowest BCUT2D eigenvalue weighted by atomic mass is 9.84. The molecular formula is C25H29NO2. The lowest BCUT2D eigenvalue weighted by Gasteiger charge is -2.31. The molecule has 0 bridgehead atoms. The van der Waals surface area contributed by atoms with E-state index in [1.807, 2.05) is 25.1 Å². The van der Waals surface area contributed by atoms with Crippen LogP contribution in [0.4, 0.5) is 5.69 Å². The maximum atomic E-state index is 9.77. The molecule has 0 spiro atoms. The summed E-state index contributed by atoms with van der Waals surface area (Å²) >= 11 is 0. The zero-order valence-electron chi connectivity index (χ0n) is 16.5. The molecule has 0 radical (unpaired) electrons. The highest BCUT2D eigenvalue weighted by Crippen LogP contribution is 2.30. The van der Waals surface area contributed by atoms with Gasteiger partial charge in [-0.2, -0.15) is 0 Å². The second-order valence-corrected chi connectivity index (χ2v) is 7.76. The SMILES string of the molecule is CC(CO)(CO)Cc1ccccc1N(Cc1ccccc1)Cc1ccccc1. The van der Waals surface area contributed by atoms with E-state index < -0.39 is 5.41 Å². The highest BCUT2D eigenvalue weighted by molar-refractivity contribution is 5.55. The van der Waals surface area contributed by atoms with Gasteiger partial charge in [0.1, 0.15) is 0 Å². The topological polar surface area (TPSA) is 43.7 Å². The van der Waals surface area contributed by atoms with Crippen LogP contribution in [0, 0.1) is 5.41 Å². The van der Waals surface area contributed by atoms with E-state index in [2.05, 4.69) is 71.6 Å². The Morgan fingerprint density at radius 3 is 1.64 bits per heavy atom. The number of aliphatic hydroxyl groups is 2. The fraction of sp³-hybridized carbons (Fsp3) is 0.280. The molecule has 146 valence electrons. The zero-order chi connectivity index (χ0) is 19.8. The van der Waals surface area contributed by atoms with Crippen LogP contribution >= 0.6 is 0 Å². The number of rotatable bonds is 9. The molecule has 3 rings (SSSR count). The van der Waals surface area contributed by atoms with E-state index in [0.717, 1.165) is 24.3 Å². The second-order valence-electron chi connectivity index (χ2n) is 7.76. The van der Waals surface area contributed by atoms with E-state index in [1.165, 1.54) is 11.1 Å². The Bertz CT molecular complexity index is 803. The van der Waals surface area contributed by atoms with Gasteiger partial charge in [0.15, 0.2) is 0 Å². The van der Waals surface area contributed by atoms with Gasteiger partial charge in [-0.05, 0) is 29.2 Å². The highest BCUT2D eigenvalue weighted by atomic mass is 16.3. The minimum atomic E-state index is -0.540. The van der Waals surface area contributed by atoms with Crippen LogP contribution in [0.3, 0.4) is 0 Å². The Labute approximate surface area is 167 Å². The Hall–Kier alpha value is -2.62. The molecule has 0 amide bonds. The average molecular weight is 376 g/mol. The van der Waals surface area contributed by atoms with Crippen LogP contribution in [0.25, 0.3) is 0 Å². The molecule has 0 aliphatic heterocycles. The number of para-hydroxylation sites is 1. The first-order valence-electron chi connectivity index (χ1n) is 9.76. The predicted molar refractivity (Wildman–Crippen MR) is 115 cm³/mol. The number of nitrogens with zero attached hydrogens (tertiary/aromatic N) is 1. The third kappa shape index (κ3) is 5.22. The maximum Gasteiger partial charge on any atom is 0.0509 e. The summed E-state index contributed by atoms with van der Waals surface area (Å²) in [4.78, 5) is 2.37. The number of aliphatic hydroxyl groups excluding tert-OH is 2. The minimum Gasteiger partial charge on any atom is -0.396 e. The molecule has 0 aromatic heterocycles. The van der Waals surface area contributed by atoms with Gasteiger partial charge in [-0.3, -0.25) is 0 Å². The molecule has 0 aliphatic rings. The first-order valence-corrected chi connectivity index (χ1v) is 9.76. The normalized spacial score (nSPS) is 11.4. The monoisotopic (exact) mass is 375 g/mol. The molecular weight excluding hydrogens is 346 g/mol. The van der Waals surface area contributed by atoms with Crippen molar-refractivity contribution >= 4 is 5.69 Å². The summed E-state index contributed by atoms with van der Waals surface area (Å²) in [7, 11) is 0. The van der Waals surface area contributed by atoms with Crippen LogP contribution < -0.4 is 4.90 Å². The molecule has 3 aromatic rings. The molecule has 0 saturated carbocycles. The molecule has 3 nitrogen and oxygen atoms in total. The van der Waals surface area contributed by atoms with E-state index in [1.54, 1.807) is 0 Å². The summed E-state index contributed by atoms with van der Waals surface area (Å²) in [6, 6.07) is 29.2. The molecule has 3 heteroatoms. The summed E-state index contributed by atoms with van der Waals surface area (Å²) in [6.45, 7) is 3.41. The van der Waals surface area contributed by atoms with Gasteiger partial charge in [-0.25, -0.2) is 0 Å². The van der Waals surface area contributed by atoms with Gasteiger partial charge >= 0.3 is 0 Å². The summed E-state index contributed by atoms with van der Waals surface area (Å²) in [5.41, 5.74) is 4.24. The number of hydrogen-bond donors (Lipinski definition) is 2. The Morgan fingerprint density at radius 2 is 1.14 bits per heavy atom. The quantitative estimate of drug-likeness (QED) is 0.582. The van der Waals surface area contributed by atoms with E-state index in [4.69, 9.17) is 0 Å². The molecule has 0 atom stereocenters. The van der Waals surface area contributed by atoms with Gasteiger partial charge in [0.2, 0.25) is 0 Å². The van der Waals surface area contributed by atoms with Gasteiger partial charge in [0.05, 0.1) is 13.2 Å². The van der Waals surface area contributed by atoms with Gasteiger partial charge < -0.3 is 15.1 Å². The average Bonchev–Trinajstić information content (AvgIpc) is 2.75. The summed E-state index contributed by atoms with van der Waals surface area (Å²) in [5.74, 6) is 0. The minimum absolute atomic E-state index is 0.0464. The van der Waals surface area contributed by atoms with Gasteiger partial charge in [0, 0.05) is 24.2 Å². The molecule has 3 aromatic carbocycles. The lowest BCUT2D eigenvalue weighted by molar-refractivity contribution is 0.0704. The van der Waals surface area contributed by atoms with Crippen molar-refractivity contribution in [3.8, 4) is 0 Å². The van der Waals surface area contributed by atoms with Crippen molar-refractivity contribution in [3.63, 3.8) is 0 Å². The third-order valence-corrected chi connectivity index (χ3v) is 5.15. The summed E-state index contributed by atoms with van der Waals surface area (Å²) < 4.78 is 0. The Kier molecular flexibility index (Phi) is 6.85. The van der Waals surface area contributed by atoms with Crippen molar-refractivity contribution in [2.24, 2.45) is 5.41 Å². The fourth-order valence-corrected chi connectivity index (χ4v) is 3.42. The predicted octanol–water partition coefficient (Wildman–Crippen LogP) is 4.43. The van der Waals surface area contributed by atoms with Crippen molar-refractivity contribution < 1.29 is 10.2 Å². The van der Waals surface area contributed by atoms with E-state index in [9.17, 15) is 10.2 Å². The number of benzene rings is 3. The summed E-state index contributed by atoms with van der Waals surface area (Å²) in [5, 5.41) is 19.5. The summed E-state index contributed by atoms with van der Waals surface area (Å²) in [6.07, 6.45) is 0.621. The molecule has 28 heavy (non-hydrogen) atoms. The largest absolute Gasteiger partial charge is 0.396 e. The van der Waals surface area contributed by atoms with Crippen LogP contribution in [0.5, 0.6) is 0 Å². The van der Waals surface area contributed by atoms with Crippen LogP contribution in [-0.4, -0.2) is 23.4 Å². The van der Waals surface area contributed by atoms with Crippen molar-refractivity contribution in [1.29, 1.82) is 0 Å². The molecule has 2 N–H and O–H groups in total. The lowest BCUT2D eigenvalue weighted by Crippen LogP contribution is -2.30. The van der Waals surface area contributed by atoms with Crippen molar-refractivity contribution in [2.45, 2.75) is 26.4 Å². The zero-order valence-corrected chi connectivity index (χ0v) is 16.5. The first kappa shape index (κ1) is 20.1. The third-order valence-electron chi connectivity index (χ3n) is 5.15. The Balaban J connectivity index is 1.95. The van der Waals surface area contributed by atoms with Gasteiger partial charge in [0.25, 0.3) is 0 Å². The van der Waals surface area contributed by atoms with Crippen LogP contribution in [0.2, 0.25) is 0 Å². The van der Waals surface area contributed by atoms with Crippen LogP contribution in [0.1, 0.15) is 23.6 Å². The van der Waals surface area contributed by atoms with Crippen LogP contribution in [0.15, 0.2) is 84.9 Å². The smallest absolute Gasteiger partial charge is 0.0509 e. The van der Waals surface area contributed by atoms with Crippen molar-refractivity contribution in [3.05, 3.63) is 102 Å². The first-order chi connectivity index (χ1) is 13.6. The van der Waals surface area contributed by atoms with Gasteiger partial charge in [-0.1, -0.05) is 85.8 Å².